The van der Waals surface area contributed by atoms with Crippen molar-refractivity contribution in [1.29, 1.82) is 0 Å². The average Bonchev–Trinajstić information content (AvgIpc) is 2.73. The Morgan fingerprint density at radius 1 is 1.50 bits per heavy atom. The summed E-state index contributed by atoms with van der Waals surface area (Å²) in [5.74, 6) is -0.741. The van der Waals surface area contributed by atoms with Crippen molar-refractivity contribution in [2.45, 2.75) is 0 Å². The fraction of sp³-hybridized carbons (Fsp3) is 0.100. The zero-order valence-corrected chi connectivity index (χ0v) is 8.30. The van der Waals surface area contributed by atoms with Crippen LogP contribution in [0.3, 0.4) is 0 Å². The molecule has 6 nitrogen and oxygen atoms in total. The summed E-state index contributed by atoms with van der Waals surface area (Å²) in [6, 6.07) is 4.20. The van der Waals surface area contributed by atoms with Crippen LogP contribution in [0, 0.1) is 10.1 Å². The van der Waals surface area contributed by atoms with Crippen LogP contribution in [0.2, 0.25) is 0 Å². The molecule has 2 rings (SSSR count). The molecule has 82 valence electrons. The first-order chi connectivity index (χ1) is 7.63. The van der Waals surface area contributed by atoms with E-state index in [0.717, 1.165) is 0 Å². The molecular weight excluding hydrogens is 214 g/mol. The molecule has 0 fully saturated rings. The third kappa shape index (κ3) is 1.50. The number of ether oxygens (including phenoxy) is 1. The lowest BCUT2D eigenvalue weighted by atomic mass is 10.1. The highest BCUT2D eigenvalue weighted by Gasteiger charge is 2.22. The lowest BCUT2D eigenvalue weighted by Crippen LogP contribution is -2.05. The SMILES string of the molecule is COC(=O)c1cc2ccoc2cc1[N+](=O)[O-]. The Hall–Kier alpha value is -2.37. The largest absolute Gasteiger partial charge is 0.465 e. The van der Waals surface area contributed by atoms with Gasteiger partial charge in [-0.3, -0.25) is 10.1 Å². The first-order valence-electron chi connectivity index (χ1n) is 4.37. The Morgan fingerprint density at radius 3 is 2.88 bits per heavy atom. The van der Waals surface area contributed by atoms with E-state index in [4.69, 9.17) is 4.42 Å². The van der Waals surface area contributed by atoms with Gasteiger partial charge in [0.1, 0.15) is 11.1 Å². The van der Waals surface area contributed by atoms with Crippen molar-refractivity contribution in [3.63, 3.8) is 0 Å². The number of hydrogen-bond acceptors (Lipinski definition) is 5. The fourth-order valence-corrected chi connectivity index (χ4v) is 1.42. The molecular formula is C10H7NO5. The molecule has 0 radical (unpaired) electrons. The van der Waals surface area contributed by atoms with Gasteiger partial charge in [0.2, 0.25) is 0 Å². The molecule has 0 saturated heterocycles. The van der Waals surface area contributed by atoms with E-state index in [-0.39, 0.29) is 11.3 Å². The minimum absolute atomic E-state index is 0.0820. The summed E-state index contributed by atoms with van der Waals surface area (Å²) in [4.78, 5) is 21.5. The number of rotatable bonds is 2. The molecule has 0 atom stereocenters. The molecule has 0 aliphatic heterocycles. The van der Waals surface area contributed by atoms with Crippen LogP contribution in [0.5, 0.6) is 0 Å². The summed E-state index contributed by atoms with van der Waals surface area (Å²) < 4.78 is 9.50. The van der Waals surface area contributed by atoms with Gasteiger partial charge in [-0.25, -0.2) is 4.79 Å². The van der Waals surface area contributed by atoms with Gasteiger partial charge in [-0.05, 0) is 12.1 Å². The number of nitro groups is 1. The molecule has 0 bridgehead atoms. The molecule has 1 aromatic carbocycles. The molecule has 1 heterocycles. The van der Waals surface area contributed by atoms with Gasteiger partial charge in [0.05, 0.1) is 24.4 Å². The molecule has 0 spiro atoms. The van der Waals surface area contributed by atoms with Gasteiger partial charge >= 0.3 is 5.97 Å². The maximum absolute atomic E-state index is 11.3. The highest BCUT2D eigenvalue weighted by Crippen LogP contribution is 2.27. The topological polar surface area (TPSA) is 82.6 Å². The minimum Gasteiger partial charge on any atom is -0.465 e. The number of furan rings is 1. The molecule has 0 aliphatic rings. The highest BCUT2D eigenvalue weighted by molar-refractivity contribution is 5.98. The first kappa shape index (κ1) is 10.2. The summed E-state index contributed by atoms with van der Waals surface area (Å²) >= 11 is 0. The van der Waals surface area contributed by atoms with E-state index in [2.05, 4.69) is 4.74 Å². The van der Waals surface area contributed by atoms with Gasteiger partial charge < -0.3 is 9.15 Å². The smallest absolute Gasteiger partial charge is 0.344 e. The molecule has 0 N–H and O–H groups in total. The van der Waals surface area contributed by atoms with Crippen molar-refractivity contribution in [3.8, 4) is 0 Å². The summed E-state index contributed by atoms with van der Waals surface area (Å²) in [7, 11) is 1.17. The van der Waals surface area contributed by atoms with Crippen molar-refractivity contribution < 1.29 is 18.9 Å². The van der Waals surface area contributed by atoms with Crippen LogP contribution in [0.1, 0.15) is 10.4 Å². The van der Waals surface area contributed by atoms with E-state index in [9.17, 15) is 14.9 Å². The van der Waals surface area contributed by atoms with Crippen LogP contribution in [0.15, 0.2) is 28.9 Å². The average molecular weight is 221 g/mol. The summed E-state index contributed by atoms with van der Waals surface area (Å²) in [6.45, 7) is 0. The first-order valence-corrected chi connectivity index (χ1v) is 4.37. The Labute approximate surface area is 89.6 Å². The zero-order chi connectivity index (χ0) is 11.7. The number of esters is 1. The molecule has 0 unspecified atom stereocenters. The van der Waals surface area contributed by atoms with Crippen LogP contribution in [0.25, 0.3) is 11.0 Å². The molecule has 6 heteroatoms. The van der Waals surface area contributed by atoms with E-state index >= 15 is 0 Å². The number of benzene rings is 1. The number of nitro benzene ring substituents is 1. The molecule has 0 saturated carbocycles. The Bertz CT molecular complexity index is 572. The van der Waals surface area contributed by atoms with E-state index < -0.39 is 10.9 Å². The van der Waals surface area contributed by atoms with Gasteiger partial charge in [-0.1, -0.05) is 0 Å². The second-order valence-corrected chi connectivity index (χ2v) is 3.08. The van der Waals surface area contributed by atoms with Crippen molar-refractivity contribution in [3.05, 3.63) is 40.1 Å². The summed E-state index contributed by atoms with van der Waals surface area (Å²) in [5.41, 5.74) is -0.0462. The van der Waals surface area contributed by atoms with Crippen molar-refractivity contribution in [2.24, 2.45) is 0 Å². The second kappa shape index (κ2) is 3.65. The molecule has 2 aromatic rings. The van der Waals surface area contributed by atoms with E-state index in [1.54, 1.807) is 6.07 Å². The Balaban J connectivity index is 2.72. The highest BCUT2D eigenvalue weighted by atomic mass is 16.6. The third-order valence-corrected chi connectivity index (χ3v) is 2.17. The molecule has 0 aliphatic carbocycles. The van der Waals surface area contributed by atoms with E-state index in [0.29, 0.717) is 11.0 Å². The zero-order valence-electron chi connectivity index (χ0n) is 8.30. The number of nitrogens with zero attached hydrogens (tertiary/aromatic N) is 1. The number of carbonyl (C=O) groups is 1. The number of fused-ring (bicyclic) bond motifs is 1. The number of methoxy groups -OCH3 is 1. The van der Waals surface area contributed by atoms with Gasteiger partial charge in [-0.15, -0.1) is 0 Å². The number of hydrogen-bond donors (Lipinski definition) is 0. The van der Waals surface area contributed by atoms with Crippen LogP contribution in [-0.4, -0.2) is 18.0 Å². The van der Waals surface area contributed by atoms with Crippen LogP contribution < -0.4 is 0 Å². The monoisotopic (exact) mass is 221 g/mol. The van der Waals surface area contributed by atoms with E-state index in [1.165, 1.54) is 25.5 Å². The van der Waals surface area contributed by atoms with Gasteiger partial charge in [0.15, 0.2) is 0 Å². The summed E-state index contributed by atoms with van der Waals surface area (Å²) in [5, 5.41) is 11.4. The predicted octanol–water partition coefficient (Wildman–Crippen LogP) is 2.13. The molecule has 0 amide bonds. The molecule has 16 heavy (non-hydrogen) atoms. The van der Waals surface area contributed by atoms with Gasteiger partial charge in [0, 0.05) is 5.39 Å². The maximum atomic E-state index is 11.3. The predicted molar refractivity (Wildman–Crippen MR) is 54.2 cm³/mol. The number of carbonyl (C=O) groups excluding carboxylic acids is 1. The standard InChI is InChI=1S/C10H7NO5/c1-15-10(12)7-4-6-2-3-16-9(6)5-8(7)11(13)14/h2-5H,1H3. The van der Waals surface area contributed by atoms with Gasteiger partial charge in [-0.2, -0.15) is 0 Å². The normalized spacial score (nSPS) is 10.3. The minimum atomic E-state index is -0.741. The van der Waals surface area contributed by atoms with Crippen molar-refractivity contribution >= 4 is 22.6 Å². The molecule has 1 aromatic heterocycles. The van der Waals surface area contributed by atoms with E-state index in [1.807, 2.05) is 0 Å². The lowest BCUT2D eigenvalue weighted by Gasteiger charge is -2.00. The van der Waals surface area contributed by atoms with Crippen molar-refractivity contribution in [1.82, 2.24) is 0 Å². The van der Waals surface area contributed by atoms with Crippen LogP contribution in [0.4, 0.5) is 5.69 Å². The fourth-order valence-electron chi connectivity index (χ4n) is 1.42. The maximum Gasteiger partial charge on any atom is 0.344 e. The van der Waals surface area contributed by atoms with Gasteiger partial charge in [0.25, 0.3) is 5.69 Å². The Kier molecular flexibility index (Phi) is 2.32. The lowest BCUT2D eigenvalue weighted by molar-refractivity contribution is -0.385. The quantitative estimate of drug-likeness (QED) is 0.440. The summed E-state index contributed by atoms with van der Waals surface area (Å²) in [6.07, 6.45) is 1.40. The van der Waals surface area contributed by atoms with Crippen LogP contribution >= 0.6 is 0 Å². The van der Waals surface area contributed by atoms with Crippen molar-refractivity contribution in [2.75, 3.05) is 7.11 Å². The van der Waals surface area contributed by atoms with Crippen LogP contribution in [-0.2, 0) is 4.74 Å². The Morgan fingerprint density at radius 2 is 2.25 bits per heavy atom. The third-order valence-electron chi connectivity index (χ3n) is 2.17. The second-order valence-electron chi connectivity index (χ2n) is 3.08.